The van der Waals surface area contributed by atoms with Crippen LogP contribution in [0.3, 0.4) is 0 Å². The molecule has 2 aliphatic rings. The molecule has 1 fully saturated rings. The van der Waals surface area contributed by atoms with Crippen molar-refractivity contribution in [3.8, 4) is 0 Å². The predicted molar refractivity (Wildman–Crippen MR) is 160 cm³/mol. The number of esters is 1. The van der Waals surface area contributed by atoms with Crippen LogP contribution in [0.25, 0.3) is 17.0 Å². The van der Waals surface area contributed by atoms with Crippen LogP contribution < -0.4 is 0 Å². The Balaban J connectivity index is 1.52. The van der Waals surface area contributed by atoms with Gasteiger partial charge in [0.2, 0.25) is 5.91 Å². The summed E-state index contributed by atoms with van der Waals surface area (Å²) in [6.07, 6.45) is 5.83. The summed E-state index contributed by atoms with van der Waals surface area (Å²) in [5.74, 6) is -0.0352. The first-order chi connectivity index (χ1) is 18.8. The standard InChI is InChI=1S/C30H30BrN3O4S/c1-3-38-30(37)27-28(36)25(39-29(27)32-22-7-5-4-6-8-22)15-20-17-34(24-10-9-21(31)16-23(20)24)18-26(35)33-13-11-19(2)12-14-33/h4-10,15-17,19,36H,3,11-14,18H2,1-2H3/b25-15-,32-29?. The number of rotatable bonds is 6. The van der Waals surface area contributed by atoms with Gasteiger partial charge in [0.1, 0.15) is 22.9 Å². The van der Waals surface area contributed by atoms with Crippen LogP contribution in [-0.2, 0) is 20.9 Å². The molecule has 0 radical (unpaired) electrons. The summed E-state index contributed by atoms with van der Waals surface area (Å²) >= 11 is 4.78. The van der Waals surface area contributed by atoms with Gasteiger partial charge in [-0.3, -0.25) is 4.79 Å². The maximum atomic E-state index is 13.1. The fourth-order valence-corrected chi connectivity index (χ4v) is 6.19. The molecule has 3 aromatic rings. The Morgan fingerprint density at radius 2 is 1.92 bits per heavy atom. The SMILES string of the molecule is CCOC(=O)C1=C(O)/C(=C/c2cn(CC(=O)N3CCC(C)CC3)c3ccc(Br)cc23)SC1=Nc1ccccc1. The van der Waals surface area contributed by atoms with E-state index in [4.69, 9.17) is 4.74 Å². The van der Waals surface area contributed by atoms with Gasteiger partial charge in [0.25, 0.3) is 0 Å². The van der Waals surface area contributed by atoms with Crippen molar-refractivity contribution in [1.29, 1.82) is 0 Å². The number of carbonyl (C=O) groups is 2. The van der Waals surface area contributed by atoms with Gasteiger partial charge in [0.15, 0.2) is 0 Å². The number of thioether (sulfide) groups is 1. The van der Waals surface area contributed by atoms with E-state index < -0.39 is 5.97 Å². The smallest absolute Gasteiger partial charge is 0.344 e. The lowest BCUT2D eigenvalue weighted by molar-refractivity contribution is -0.138. The van der Waals surface area contributed by atoms with Crippen molar-refractivity contribution in [2.75, 3.05) is 19.7 Å². The zero-order chi connectivity index (χ0) is 27.5. The first kappa shape index (κ1) is 27.3. The van der Waals surface area contributed by atoms with Gasteiger partial charge in [-0.2, -0.15) is 0 Å². The maximum Gasteiger partial charge on any atom is 0.344 e. The number of carbonyl (C=O) groups excluding carboxylic acids is 2. The molecule has 9 heteroatoms. The quantitative estimate of drug-likeness (QED) is 0.310. The Hall–Kier alpha value is -3.30. The van der Waals surface area contributed by atoms with Crippen molar-refractivity contribution in [3.63, 3.8) is 0 Å². The van der Waals surface area contributed by atoms with Gasteiger partial charge in [-0.15, -0.1) is 0 Å². The lowest BCUT2D eigenvalue weighted by Gasteiger charge is -2.30. The second-order valence-electron chi connectivity index (χ2n) is 9.74. The highest BCUT2D eigenvalue weighted by atomic mass is 79.9. The third kappa shape index (κ3) is 5.99. The van der Waals surface area contributed by atoms with Crippen LogP contribution in [0.15, 0.2) is 80.4 Å². The average Bonchev–Trinajstić information content (AvgIpc) is 3.41. The summed E-state index contributed by atoms with van der Waals surface area (Å²) in [4.78, 5) is 33.0. The third-order valence-electron chi connectivity index (χ3n) is 6.96. The molecule has 39 heavy (non-hydrogen) atoms. The van der Waals surface area contributed by atoms with E-state index in [9.17, 15) is 14.7 Å². The van der Waals surface area contributed by atoms with E-state index >= 15 is 0 Å². The predicted octanol–water partition coefficient (Wildman–Crippen LogP) is 6.86. The molecule has 7 nitrogen and oxygen atoms in total. The van der Waals surface area contributed by atoms with Crippen molar-refractivity contribution in [3.05, 3.63) is 81.0 Å². The van der Waals surface area contributed by atoms with Crippen molar-refractivity contribution in [2.24, 2.45) is 10.9 Å². The minimum atomic E-state index is -0.618. The van der Waals surface area contributed by atoms with Gasteiger partial charge in [0.05, 0.1) is 17.2 Å². The molecule has 1 amide bonds. The van der Waals surface area contributed by atoms with Crippen LogP contribution >= 0.6 is 27.7 Å². The number of piperidine rings is 1. The number of hydrogen-bond acceptors (Lipinski definition) is 6. The molecule has 0 spiro atoms. The molecule has 0 unspecified atom stereocenters. The number of benzene rings is 2. The molecule has 0 aliphatic carbocycles. The second-order valence-corrected chi connectivity index (χ2v) is 11.7. The monoisotopic (exact) mass is 607 g/mol. The third-order valence-corrected chi connectivity index (χ3v) is 8.47. The molecule has 0 bridgehead atoms. The minimum absolute atomic E-state index is 0.0522. The number of aliphatic imine (C=N–C) groups is 1. The number of aliphatic hydroxyl groups excluding tert-OH is 1. The number of hydrogen-bond donors (Lipinski definition) is 1. The maximum absolute atomic E-state index is 13.1. The largest absolute Gasteiger partial charge is 0.506 e. The van der Waals surface area contributed by atoms with Crippen LogP contribution in [0.2, 0.25) is 0 Å². The first-order valence-corrected chi connectivity index (χ1v) is 14.7. The van der Waals surface area contributed by atoms with Gasteiger partial charge in [-0.1, -0.05) is 52.8 Å². The van der Waals surface area contributed by atoms with Gasteiger partial charge in [-0.05, 0) is 62.1 Å². The molecule has 202 valence electrons. The van der Waals surface area contributed by atoms with Crippen LogP contribution in [0.1, 0.15) is 32.3 Å². The highest BCUT2D eigenvalue weighted by Gasteiger charge is 2.33. The zero-order valence-electron chi connectivity index (χ0n) is 21.9. The first-order valence-electron chi connectivity index (χ1n) is 13.0. The van der Waals surface area contributed by atoms with Crippen molar-refractivity contribution in [2.45, 2.75) is 33.2 Å². The summed E-state index contributed by atoms with van der Waals surface area (Å²) in [7, 11) is 0. The highest BCUT2D eigenvalue weighted by molar-refractivity contribution is 9.10. The number of aromatic nitrogens is 1. The van der Waals surface area contributed by atoms with Gasteiger partial charge in [-0.25, -0.2) is 9.79 Å². The van der Waals surface area contributed by atoms with E-state index in [1.807, 2.05) is 70.3 Å². The number of ether oxygens (including phenoxy) is 1. The number of nitrogens with zero attached hydrogens (tertiary/aromatic N) is 3. The van der Waals surface area contributed by atoms with E-state index in [2.05, 4.69) is 27.8 Å². The van der Waals surface area contributed by atoms with Crippen LogP contribution in [-0.4, -0.2) is 51.2 Å². The average molecular weight is 609 g/mol. The molecule has 1 aromatic heterocycles. The molecular formula is C30H30BrN3O4S. The van der Waals surface area contributed by atoms with Crippen LogP contribution in [0, 0.1) is 5.92 Å². The van der Waals surface area contributed by atoms with E-state index in [0.29, 0.717) is 21.6 Å². The summed E-state index contributed by atoms with van der Waals surface area (Å²) in [5.41, 5.74) is 2.46. The Bertz CT molecular complexity index is 1500. The Labute approximate surface area is 240 Å². The Morgan fingerprint density at radius 1 is 1.18 bits per heavy atom. The fraction of sp³-hybridized carbons (Fsp3) is 0.300. The highest BCUT2D eigenvalue weighted by Crippen LogP contribution is 2.41. The molecule has 0 saturated carbocycles. The summed E-state index contributed by atoms with van der Waals surface area (Å²) in [6.45, 7) is 5.95. The molecule has 3 heterocycles. The number of para-hydroxylation sites is 1. The number of fused-ring (bicyclic) bond motifs is 1. The Morgan fingerprint density at radius 3 is 2.64 bits per heavy atom. The molecule has 2 aromatic carbocycles. The van der Waals surface area contributed by atoms with Gasteiger partial charge >= 0.3 is 5.97 Å². The normalized spacial score (nSPS) is 18.5. The molecule has 0 atom stereocenters. The summed E-state index contributed by atoms with van der Waals surface area (Å²) < 4.78 is 8.09. The topological polar surface area (TPSA) is 84.1 Å². The summed E-state index contributed by atoms with van der Waals surface area (Å²) in [5, 5.41) is 12.5. The second kappa shape index (κ2) is 11.8. The molecule has 5 rings (SSSR count). The lowest BCUT2D eigenvalue weighted by atomic mass is 9.99. The molecule has 1 N–H and O–H groups in total. The van der Waals surface area contributed by atoms with Gasteiger partial charge < -0.3 is 19.3 Å². The summed E-state index contributed by atoms with van der Waals surface area (Å²) in [6, 6.07) is 15.2. The molecular weight excluding hydrogens is 578 g/mol. The molecule has 1 saturated heterocycles. The number of amides is 1. The van der Waals surface area contributed by atoms with Crippen molar-refractivity contribution in [1.82, 2.24) is 9.47 Å². The Kier molecular flexibility index (Phi) is 8.28. The van der Waals surface area contributed by atoms with Crippen LogP contribution in [0.4, 0.5) is 5.69 Å². The lowest BCUT2D eigenvalue weighted by Crippen LogP contribution is -2.39. The van der Waals surface area contributed by atoms with E-state index in [0.717, 1.165) is 46.9 Å². The zero-order valence-corrected chi connectivity index (χ0v) is 24.3. The van der Waals surface area contributed by atoms with Crippen LogP contribution in [0.5, 0.6) is 0 Å². The number of halogens is 1. The minimum Gasteiger partial charge on any atom is -0.506 e. The number of likely N-dealkylation sites (tertiary alicyclic amines) is 1. The van der Waals surface area contributed by atoms with Gasteiger partial charge in [0, 0.05) is 40.2 Å². The van der Waals surface area contributed by atoms with E-state index in [1.54, 1.807) is 6.92 Å². The number of aliphatic hydroxyl groups is 1. The fourth-order valence-electron chi connectivity index (χ4n) is 4.80. The van der Waals surface area contributed by atoms with Crippen molar-refractivity contribution < 1.29 is 19.4 Å². The van der Waals surface area contributed by atoms with E-state index in [-0.39, 0.29) is 30.4 Å². The van der Waals surface area contributed by atoms with Crippen molar-refractivity contribution >= 4 is 67.3 Å². The van der Waals surface area contributed by atoms with E-state index in [1.165, 1.54) is 11.8 Å². The molecule has 2 aliphatic heterocycles.